The summed E-state index contributed by atoms with van der Waals surface area (Å²) in [6.07, 6.45) is 2.09. The number of rotatable bonds is 4. The van der Waals surface area contributed by atoms with Crippen molar-refractivity contribution in [3.05, 3.63) is 93.8 Å². The van der Waals surface area contributed by atoms with E-state index in [1.54, 1.807) is 30.6 Å². The van der Waals surface area contributed by atoms with Crippen LogP contribution in [0, 0.1) is 19.7 Å². The minimum absolute atomic E-state index is 0.0413. The van der Waals surface area contributed by atoms with Gasteiger partial charge in [-0.05, 0) is 43.2 Å². The molecule has 0 amide bonds. The summed E-state index contributed by atoms with van der Waals surface area (Å²) in [6, 6.07) is 13.8. The van der Waals surface area contributed by atoms with E-state index in [4.69, 9.17) is 0 Å². The number of aromatic nitrogens is 3. The first-order valence-corrected chi connectivity index (χ1v) is 9.03. The van der Waals surface area contributed by atoms with E-state index in [-0.39, 0.29) is 17.7 Å². The lowest BCUT2D eigenvalue weighted by Crippen LogP contribution is -2.24. The smallest absolute Gasteiger partial charge is 0.276 e. The summed E-state index contributed by atoms with van der Waals surface area (Å²) in [7, 11) is 0. The summed E-state index contributed by atoms with van der Waals surface area (Å²) >= 11 is 0. The number of nitrogens with zero attached hydrogens (tertiary/aromatic N) is 3. The summed E-state index contributed by atoms with van der Waals surface area (Å²) in [5.41, 5.74) is 4.25. The van der Waals surface area contributed by atoms with Crippen LogP contribution in [-0.2, 0) is 6.54 Å². The normalized spacial score (nSPS) is 12.4. The zero-order chi connectivity index (χ0) is 19.8. The molecule has 0 aliphatic heterocycles. The molecule has 1 N–H and O–H groups in total. The molecule has 5 nitrogen and oxygen atoms in total. The van der Waals surface area contributed by atoms with Crippen LogP contribution in [0.2, 0.25) is 0 Å². The van der Waals surface area contributed by atoms with Crippen molar-refractivity contribution in [1.82, 2.24) is 14.2 Å². The van der Waals surface area contributed by atoms with Gasteiger partial charge >= 0.3 is 0 Å². The van der Waals surface area contributed by atoms with E-state index in [0.29, 0.717) is 11.2 Å². The number of hydrogen-bond donors (Lipinski definition) is 1. The maximum atomic E-state index is 13.9. The molecule has 2 heterocycles. The standard InChI is InChI=1S/C22H20FN3O2/c1-14-7-8-16(11-15(14)2)19-12-20-22(28)25(9-10-26(20)24-19)13-21(27)17-5-3-4-6-18(17)23/h3-12,21,27H,13H2,1-2H3/t21-/m0/s1. The number of fused-ring (bicyclic) bond motifs is 1. The van der Waals surface area contributed by atoms with Gasteiger partial charge in [0.2, 0.25) is 0 Å². The molecule has 4 aromatic rings. The van der Waals surface area contributed by atoms with Crippen molar-refractivity contribution in [2.75, 3.05) is 0 Å². The Morgan fingerprint density at radius 3 is 2.61 bits per heavy atom. The molecule has 2 aromatic heterocycles. The van der Waals surface area contributed by atoms with Crippen LogP contribution in [0.5, 0.6) is 0 Å². The lowest BCUT2D eigenvalue weighted by Gasteiger charge is -2.13. The van der Waals surface area contributed by atoms with E-state index in [0.717, 1.165) is 11.1 Å². The minimum Gasteiger partial charge on any atom is -0.386 e. The molecule has 6 heteroatoms. The predicted molar refractivity (Wildman–Crippen MR) is 106 cm³/mol. The van der Waals surface area contributed by atoms with Crippen LogP contribution in [0.3, 0.4) is 0 Å². The first-order chi connectivity index (χ1) is 13.4. The van der Waals surface area contributed by atoms with E-state index >= 15 is 0 Å². The SMILES string of the molecule is Cc1ccc(-c2cc3c(=O)n(C[C@H](O)c4ccccc4F)ccn3n2)cc1C. The van der Waals surface area contributed by atoms with Gasteiger partial charge in [-0.2, -0.15) is 5.10 Å². The maximum absolute atomic E-state index is 13.9. The molecule has 0 spiro atoms. The summed E-state index contributed by atoms with van der Waals surface area (Å²) in [5.74, 6) is -0.495. The second-order valence-electron chi connectivity index (χ2n) is 6.95. The Morgan fingerprint density at radius 2 is 1.86 bits per heavy atom. The number of aliphatic hydroxyl groups is 1. The molecule has 0 fully saturated rings. The maximum Gasteiger partial charge on any atom is 0.276 e. The summed E-state index contributed by atoms with van der Waals surface area (Å²) < 4.78 is 16.8. The van der Waals surface area contributed by atoms with Gasteiger partial charge in [-0.15, -0.1) is 0 Å². The molecule has 0 bridgehead atoms. The number of hydrogen-bond acceptors (Lipinski definition) is 3. The molecular weight excluding hydrogens is 357 g/mol. The molecule has 1 atom stereocenters. The van der Waals surface area contributed by atoms with Crippen LogP contribution in [0.15, 0.2) is 65.7 Å². The van der Waals surface area contributed by atoms with Crippen LogP contribution in [0.1, 0.15) is 22.8 Å². The molecule has 2 aromatic carbocycles. The predicted octanol–water partition coefficient (Wildman–Crippen LogP) is 3.65. The number of aliphatic hydroxyl groups excluding tert-OH is 1. The van der Waals surface area contributed by atoms with Gasteiger partial charge in [0.15, 0.2) is 0 Å². The van der Waals surface area contributed by atoms with E-state index < -0.39 is 11.9 Å². The van der Waals surface area contributed by atoms with Crippen molar-refractivity contribution in [2.24, 2.45) is 0 Å². The van der Waals surface area contributed by atoms with Gasteiger partial charge in [-0.3, -0.25) is 4.79 Å². The Hall–Kier alpha value is -3.25. The number of aryl methyl sites for hydroxylation is 2. The highest BCUT2D eigenvalue weighted by molar-refractivity contribution is 5.66. The third-order valence-electron chi connectivity index (χ3n) is 5.04. The van der Waals surface area contributed by atoms with E-state index in [2.05, 4.69) is 5.10 Å². The van der Waals surface area contributed by atoms with Crippen LogP contribution >= 0.6 is 0 Å². The largest absolute Gasteiger partial charge is 0.386 e. The molecule has 0 unspecified atom stereocenters. The first kappa shape index (κ1) is 18.1. The highest BCUT2D eigenvalue weighted by atomic mass is 19.1. The van der Waals surface area contributed by atoms with Gasteiger partial charge in [0, 0.05) is 23.5 Å². The van der Waals surface area contributed by atoms with Gasteiger partial charge in [0.25, 0.3) is 5.56 Å². The van der Waals surface area contributed by atoms with Crippen molar-refractivity contribution in [2.45, 2.75) is 26.5 Å². The van der Waals surface area contributed by atoms with Gasteiger partial charge < -0.3 is 9.67 Å². The fraction of sp³-hybridized carbons (Fsp3) is 0.182. The first-order valence-electron chi connectivity index (χ1n) is 9.03. The Balaban J connectivity index is 1.70. The average molecular weight is 377 g/mol. The quantitative estimate of drug-likeness (QED) is 0.591. The lowest BCUT2D eigenvalue weighted by atomic mass is 10.0. The zero-order valence-corrected chi connectivity index (χ0v) is 15.6. The molecule has 0 saturated heterocycles. The van der Waals surface area contributed by atoms with Gasteiger partial charge in [-0.1, -0.05) is 30.3 Å². The molecular formula is C22H20FN3O2. The van der Waals surface area contributed by atoms with Crippen molar-refractivity contribution >= 4 is 5.52 Å². The van der Waals surface area contributed by atoms with Crippen LogP contribution in [0.4, 0.5) is 4.39 Å². The summed E-state index contributed by atoms with van der Waals surface area (Å²) in [6.45, 7) is 4.04. The van der Waals surface area contributed by atoms with Crippen LogP contribution in [0.25, 0.3) is 16.8 Å². The third kappa shape index (κ3) is 3.23. The second-order valence-corrected chi connectivity index (χ2v) is 6.95. The van der Waals surface area contributed by atoms with Crippen LogP contribution < -0.4 is 5.56 Å². The van der Waals surface area contributed by atoms with Gasteiger partial charge in [-0.25, -0.2) is 8.91 Å². The third-order valence-corrected chi connectivity index (χ3v) is 5.04. The molecule has 4 rings (SSSR count). The van der Waals surface area contributed by atoms with Crippen molar-refractivity contribution < 1.29 is 9.50 Å². The topological polar surface area (TPSA) is 59.5 Å². The highest BCUT2D eigenvalue weighted by Crippen LogP contribution is 2.22. The van der Waals surface area contributed by atoms with Crippen molar-refractivity contribution in [3.8, 4) is 11.3 Å². The van der Waals surface area contributed by atoms with Crippen LogP contribution in [-0.4, -0.2) is 19.3 Å². The summed E-state index contributed by atoms with van der Waals surface area (Å²) in [5, 5.41) is 14.9. The van der Waals surface area contributed by atoms with Gasteiger partial charge in [0.05, 0.1) is 18.3 Å². The second kappa shape index (κ2) is 7.05. The highest BCUT2D eigenvalue weighted by Gasteiger charge is 2.15. The van der Waals surface area contributed by atoms with Crippen molar-refractivity contribution in [1.29, 1.82) is 0 Å². The number of halogens is 1. The average Bonchev–Trinajstić information content (AvgIpc) is 3.11. The van der Waals surface area contributed by atoms with Crippen molar-refractivity contribution in [3.63, 3.8) is 0 Å². The van der Waals surface area contributed by atoms with E-state index in [1.165, 1.54) is 26.8 Å². The molecule has 142 valence electrons. The fourth-order valence-corrected chi connectivity index (χ4v) is 3.24. The molecule has 0 aliphatic rings. The molecule has 28 heavy (non-hydrogen) atoms. The van der Waals surface area contributed by atoms with E-state index in [1.807, 2.05) is 32.0 Å². The Bertz CT molecular complexity index is 1230. The minimum atomic E-state index is -1.12. The Labute approximate surface area is 161 Å². The Kier molecular flexibility index (Phi) is 4.57. The molecule has 0 saturated carbocycles. The Morgan fingerprint density at radius 1 is 1.07 bits per heavy atom. The molecule has 0 aliphatic carbocycles. The van der Waals surface area contributed by atoms with E-state index in [9.17, 15) is 14.3 Å². The lowest BCUT2D eigenvalue weighted by molar-refractivity contribution is 0.150. The zero-order valence-electron chi connectivity index (χ0n) is 15.6. The monoisotopic (exact) mass is 377 g/mol. The fourth-order valence-electron chi connectivity index (χ4n) is 3.24. The number of benzene rings is 2. The van der Waals surface area contributed by atoms with Gasteiger partial charge in [0.1, 0.15) is 11.3 Å². The summed E-state index contributed by atoms with van der Waals surface area (Å²) in [4.78, 5) is 12.8. The molecule has 0 radical (unpaired) electrons.